The quantitative estimate of drug-likeness (QED) is 0.340. The third kappa shape index (κ3) is 9.25. The number of hydrogen-bond acceptors (Lipinski definition) is 6. The summed E-state index contributed by atoms with van der Waals surface area (Å²) in [5.74, 6) is -0.747. The lowest BCUT2D eigenvalue weighted by Crippen LogP contribution is -2.39. The van der Waals surface area contributed by atoms with Gasteiger partial charge in [0.15, 0.2) is 5.13 Å². The molecule has 1 unspecified atom stereocenters. The lowest BCUT2D eigenvalue weighted by atomic mass is 10.1. The van der Waals surface area contributed by atoms with Gasteiger partial charge in [-0.25, -0.2) is 4.98 Å². The Labute approximate surface area is 232 Å². The fourth-order valence-electron chi connectivity index (χ4n) is 4.05. The van der Waals surface area contributed by atoms with Crippen molar-refractivity contribution in [3.05, 3.63) is 44.9 Å². The van der Waals surface area contributed by atoms with E-state index in [4.69, 9.17) is 23.2 Å². The molecule has 0 bridgehead atoms. The number of halogens is 2. The fourth-order valence-corrected chi connectivity index (χ4v) is 5.27. The van der Waals surface area contributed by atoms with Crippen LogP contribution in [0.2, 0.25) is 10.0 Å². The number of carbonyl (C=O) groups excluding carboxylic acids is 3. The van der Waals surface area contributed by atoms with Gasteiger partial charge in [0.1, 0.15) is 6.54 Å². The maximum Gasteiger partial charge on any atom is 0.256 e. The minimum Gasteiger partial charge on any atom is -0.353 e. The summed E-state index contributed by atoms with van der Waals surface area (Å²) < 4.78 is 0. The Morgan fingerprint density at radius 2 is 1.89 bits per heavy atom. The summed E-state index contributed by atoms with van der Waals surface area (Å²) in [6.45, 7) is 9.30. The highest BCUT2D eigenvalue weighted by Crippen LogP contribution is 2.30. The van der Waals surface area contributed by atoms with Gasteiger partial charge in [-0.05, 0) is 70.4 Å². The van der Waals surface area contributed by atoms with Crippen molar-refractivity contribution < 1.29 is 14.4 Å². The molecule has 8 nitrogen and oxygen atoms in total. The summed E-state index contributed by atoms with van der Waals surface area (Å²) in [5, 5.41) is 8.63. The van der Waals surface area contributed by atoms with E-state index in [0.29, 0.717) is 21.4 Å². The molecule has 2 N–H and O–H groups in total. The first-order valence-electron chi connectivity index (χ1n) is 12.7. The zero-order valence-electron chi connectivity index (χ0n) is 21.6. The first-order chi connectivity index (χ1) is 17.7. The van der Waals surface area contributed by atoms with Crippen molar-refractivity contribution in [1.82, 2.24) is 20.1 Å². The number of hydrogen-bond donors (Lipinski definition) is 2. The van der Waals surface area contributed by atoms with Crippen LogP contribution in [0.3, 0.4) is 0 Å². The Morgan fingerprint density at radius 3 is 2.54 bits per heavy atom. The molecular weight excluding hydrogens is 533 g/mol. The second-order valence-electron chi connectivity index (χ2n) is 9.30. The van der Waals surface area contributed by atoms with Crippen molar-refractivity contribution in [3.63, 3.8) is 0 Å². The van der Waals surface area contributed by atoms with Crippen molar-refractivity contribution in [2.24, 2.45) is 0 Å². The van der Waals surface area contributed by atoms with Gasteiger partial charge in [0.25, 0.3) is 5.91 Å². The van der Waals surface area contributed by atoms with Crippen molar-refractivity contribution in [1.29, 1.82) is 0 Å². The predicted molar refractivity (Wildman–Crippen MR) is 150 cm³/mol. The van der Waals surface area contributed by atoms with Crippen LogP contribution in [0.1, 0.15) is 62.5 Å². The average molecular weight is 569 g/mol. The minimum absolute atomic E-state index is 0.00885. The van der Waals surface area contributed by atoms with Gasteiger partial charge in [0.2, 0.25) is 11.8 Å². The van der Waals surface area contributed by atoms with Crippen molar-refractivity contribution in [2.45, 2.75) is 65.0 Å². The molecule has 1 heterocycles. The Kier molecular flexibility index (Phi) is 11.2. The second-order valence-corrected chi connectivity index (χ2v) is 11.0. The topological polar surface area (TPSA) is 94.6 Å². The maximum absolute atomic E-state index is 13.0. The lowest BCUT2D eigenvalue weighted by Gasteiger charge is -2.22. The molecule has 0 radical (unpaired) electrons. The third-order valence-electron chi connectivity index (χ3n) is 6.28. The number of nitrogens with zero attached hydrogens (tertiary/aromatic N) is 3. The summed E-state index contributed by atoms with van der Waals surface area (Å²) in [4.78, 5) is 46.5. The highest BCUT2D eigenvalue weighted by Gasteiger charge is 2.35. The highest BCUT2D eigenvalue weighted by molar-refractivity contribution is 7.13. The van der Waals surface area contributed by atoms with E-state index in [9.17, 15) is 14.4 Å². The zero-order valence-corrected chi connectivity index (χ0v) is 23.9. The van der Waals surface area contributed by atoms with E-state index in [0.717, 1.165) is 45.3 Å². The summed E-state index contributed by atoms with van der Waals surface area (Å²) in [7, 11) is 0. The van der Waals surface area contributed by atoms with Crippen LogP contribution in [-0.2, 0) is 16.0 Å². The van der Waals surface area contributed by atoms with Crippen LogP contribution in [0.4, 0.5) is 5.13 Å². The Balaban J connectivity index is 1.47. The molecule has 1 aliphatic rings. The van der Waals surface area contributed by atoms with E-state index in [1.54, 1.807) is 17.5 Å². The van der Waals surface area contributed by atoms with Crippen molar-refractivity contribution in [2.75, 3.05) is 31.5 Å². The molecule has 0 saturated heterocycles. The molecule has 1 atom stereocenters. The first kappa shape index (κ1) is 29.4. The van der Waals surface area contributed by atoms with Gasteiger partial charge in [-0.2, -0.15) is 0 Å². The van der Waals surface area contributed by atoms with E-state index >= 15 is 0 Å². The molecule has 2 aromatic rings. The summed E-state index contributed by atoms with van der Waals surface area (Å²) >= 11 is 13.4. The van der Waals surface area contributed by atoms with Crippen LogP contribution in [0.25, 0.3) is 0 Å². The SMILES string of the molecule is CCN(CC)CCCC(C)NC(=O)Cc1csc(NC(=O)CN(C(=O)c2ccc(Cl)cc2Cl)C2CC2)n1. The summed E-state index contributed by atoms with van der Waals surface area (Å²) in [6.07, 6.45) is 3.77. The monoisotopic (exact) mass is 567 g/mol. The van der Waals surface area contributed by atoms with E-state index in [1.807, 2.05) is 6.92 Å². The average Bonchev–Trinajstić information content (AvgIpc) is 3.60. The Hall–Kier alpha value is -2.20. The number of thiazole rings is 1. The smallest absolute Gasteiger partial charge is 0.256 e. The number of nitrogens with one attached hydrogen (secondary N) is 2. The molecule has 0 spiro atoms. The maximum atomic E-state index is 13.0. The third-order valence-corrected chi connectivity index (χ3v) is 7.63. The largest absolute Gasteiger partial charge is 0.353 e. The van der Waals surface area contributed by atoms with Crippen molar-refractivity contribution >= 4 is 57.4 Å². The first-order valence-corrected chi connectivity index (χ1v) is 14.4. The molecule has 3 rings (SSSR count). The fraction of sp³-hybridized carbons (Fsp3) is 0.538. The van der Waals surface area contributed by atoms with E-state index in [-0.39, 0.29) is 47.8 Å². The van der Waals surface area contributed by atoms with Crippen LogP contribution in [-0.4, -0.2) is 70.8 Å². The molecule has 1 fully saturated rings. The number of anilines is 1. The molecule has 0 aliphatic heterocycles. The van der Waals surface area contributed by atoms with Gasteiger partial charge in [-0.15, -0.1) is 11.3 Å². The normalized spacial score (nSPS) is 13.9. The number of benzene rings is 1. The molecule has 11 heteroatoms. The van der Waals surface area contributed by atoms with Gasteiger partial charge in [0, 0.05) is 22.5 Å². The van der Waals surface area contributed by atoms with Gasteiger partial charge >= 0.3 is 0 Å². The Morgan fingerprint density at radius 1 is 1.16 bits per heavy atom. The molecule has 1 aromatic heterocycles. The number of rotatable bonds is 14. The molecule has 1 saturated carbocycles. The van der Waals surface area contributed by atoms with Crippen LogP contribution >= 0.6 is 34.5 Å². The molecule has 37 heavy (non-hydrogen) atoms. The van der Waals surface area contributed by atoms with Crippen molar-refractivity contribution in [3.8, 4) is 0 Å². The number of carbonyl (C=O) groups is 3. The molecular formula is C26H35Cl2N5O3S. The van der Waals surface area contributed by atoms with Crippen LogP contribution < -0.4 is 10.6 Å². The summed E-state index contributed by atoms with van der Waals surface area (Å²) in [6, 6.07) is 4.79. The van der Waals surface area contributed by atoms with E-state index in [1.165, 1.54) is 22.3 Å². The number of amides is 3. The summed E-state index contributed by atoms with van der Waals surface area (Å²) in [5.41, 5.74) is 0.909. The second kappa shape index (κ2) is 14.1. The number of aromatic nitrogens is 1. The van der Waals surface area contributed by atoms with Gasteiger partial charge in [0.05, 0.1) is 22.7 Å². The van der Waals surface area contributed by atoms with Gasteiger partial charge in [-0.1, -0.05) is 37.0 Å². The Bertz CT molecular complexity index is 1090. The molecule has 1 aromatic carbocycles. The van der Waals surface area contributed by atoms with Crippen LogP contribution in [0.15, 0.2) is 23.6 Å². The van der Waals surface area contributed by atoms with Gasteiger partial charge in [-0.3, -0.25) is 14.4 Å². The molecule has 202 valence electrons. The zero-order chi connectivity index (χ0) is 26.9. The van der Waals surface area contributed by atoms with E-state index in [2.05, 4.69) is 34.4 Å². The van der Waals surface area contributed by atoms with E-state index < -0.39 is 0 Å². The molecule has 3 amide bonds. The minimum atomic E-state index is -0.350. The predicted octanol–water partition coefficient (Wildman–Crippen LogP) is 4.86. The van der Waals surface area contributed by atoms with Crippen LogP contribution in [0.5, 0.6) is 0 Å². The van der Waals surface area contributed by atoms with Gasteiger partial charge < -0.3 is 20.4 Å². The highest BCUT2D eigenvalue weighted by atomic mass is 35.5. The van der Waals surface area contributed by atoms with Crippen LogP contribution in [0, 0.1) is 0 Å². The standard InChI is InChI=1S/C26H35Cl2N5O3S/c1-4-32(5-2)12-6-7-17(3)29-23(34)14-19-16-37-26(30-19)31-24(35)15-33(20-9-10-20)25(36)21-11-8-18(27)13-22(21)28/h8,11,13,16-17,20H,4-7,9-10,12,14-15H2,1-3H3,(H,29,34)(H,30,31,35). The lowest BCUT2D eigenvalue weighted by molar-refractivity contribution is -0.121. The molecule has 1 aliphatic carbocycles.